The summed E-state index contributed by atoms with van der Waals surface area (Å²) in [5, 5.41) is 22.0. The van der Waals surface area contributed by atoms with Gasteiger partial charge in [-0.05, 0) is 62.1 Å². The number of benzene rings is 4. The van der Waals surface area contributed by atoms with E-state index < -0.39 is 0 Å². The van der Waals surface area contributed by atoms with Gasteiger partial charge < -0.3 is 15.2 Å². The van der Waals surface area contributed by atoms with Crippen molar-refractivity contribution in [3.8, 4) is 22.4 Å². The summed E-state index contributed by atoms with van der Waals surface area (Å²) in [4.78, 5) is 9.08. The number of aromatic nitrogens is 2. The fourth-order valence-corrected chi connectivity index (χ4v) is 4.22. The molecule has 1 heterocycles. The molecule has 0 saturated heterocycles. The standard InChI is InChI=1S/C26H19N2.C5H12O2.Ir/c1-17-16-27-26(18(2)28-17)25-12-11-23-14-22(9-10-24(23)15-25)21-8-7-19-5-3-4-6-20(19)13-21;1-4(6)3-5(2)7;/h3-11,13-16H,1-2H3;4-7H,3H2,1-2H3;/q-1;;. The van der Waals surface area contributed by atoms with Gasteiger partial charge in [0.05, 0.1) is 17.9 Å². The minimum atomic E-state index is -0.375. The summed E-state index contributed by atoms with van der Waals surface area (Å²) in [7, 11) is 0. The third kappa shape index (κ3) is 6.83. The predicted octanol–water partition coefficient (Wildman–Crippen LogP) is 6.67. The van der Waals surface area contributed by atoms with E-state index in [9.17, 15) is 0 Å². The number of nitrogens with zero attached hydrogens (tertiary/aromatic N) is 2. The number of hydrogen-bond acceptors (Lipinski definition) is 4. The van der Waals surface area contributed by atoms with E-state index in [4.69, 9.17) is 10.2 Å². The van der Waals surface area contributed by atoms with Crippen LogP contribution in [0.5, 0.6) is 0 Å². The molecule has 1 aromatic heterocycles. The molecule has 0 fully saturated rings. The Balaban J connectivity index is 0.000000400. The van der Waals surface area contributed by atoms with Gasteiger partial charge in [-0.1, -0.05) is 60.0 Å². The van der Waals surface area contributed by atoms with E-state index in [0.29, 0.717) is 6.42 Å². The van der Waals surface area contributed by atoms with Gasteiger partial charge in [0.15, 0.2) is 0 Å². The summed E-state index contributed by atoms with van der Waals surface area (Å²) >= 11 is 0. The molecule has 0 aliphatic carbocycles. The molecule has 0 amide bonds. The number of aliphatic hydroxyl groups is 2. The first-order chi connectivity index (χ1) is 16.8. The molecule has 2 N–H and O–H groups in total. The predicted molar refractivity (Wildman–Crippen MR) is 144 cm³/mol. The Labute approximate surface area is 226 Å². The van der Waals surface area contributed by atoms with Crippen LogP contribution in [0.15, 0.2) is 79.0 Å². The van der Waals surface area contributed by atoms with E-state index in [1.165, 1.54) is 32.7 Å². The van der Waals surface area contributed by atoms with Crippen LogP contribution in [0.1, 0.15) is 31.7 Å². The molecule has 5 aromatic rings. The number of aliphatic hydroxyl groups excluding tert-OH is 2. The molecule has 2 atom stereocenters. The monoisotopic (exact) mass is 656 g/mol. The van der Waals surface area contributed by atoms with Crippen molar-refractivity contribution in [2.24, 2.45) is 0 Å². The maximum atomic E-state index is 8.56. The van der Waals surface area contributed by atoms with E-state index >= 15 is 0 Å². The van der Waals surface area contributed by atoms with Crippen LogP contribution in [0.25, 0.3) is 43.9 Å². The number of rotatable bonds is 4. The molecule has 187 valence electrons. The van der Waals surface area contributed by atoms with Crippen molar-refractivity contribution in [1.82, 2.24) is 9.97 Å². The number of fused-ring (bicyclic) bond motifs is 2. The van der Waals surface area contributed by atoms with Gasteiger partial charge in [0, 0.05) is 37.7 Å². The first-order valence-electron chi connectivity index (χ1n) is 11.9. The van der Waals surface area contributed by atoms with Crippen molar-refractivity contribution in [2.45, 2.75) is 46.3 Å². The third-order valence-electron chi connectivity index (χ3n) is 5.86. The molecule has 4 nitrogen and oxygen atoms in total. The van der Waals surface area contributed by atoms with Crippen molar-refractivity contribution in [1.29, 1.82) is 0 Å². The van der Waals surface area contributed by atoms with Gasteiger partial charge in [-0.2, -0.15) is 0 Å². The molecular formula is C31H31IrN2O2-. The third-order valence-corrected chi connectivity index (χ3v) is 5.86. The zero-order chi connectivity index (χ0) is 24.9. The molecule has 5 rings (SSSR count). The largest absolute Gasteiger partial charge is 0.393 e. The van der Waals surface area contributed by atoms with Gasteiger partial charge in [0.25, 0.3) is 0 Å². The average molecular weight is 656 g/mol. The number of aryl methyl sites for hydroxylation is 2. The summed E-state index contributed by atoms with van der Waals surface area (Å²) in [5.41, 5.74) is 6.18. The molecule has 0 spiro atoms. The van der Waals surface area contributed by atoms with Crippen molar-refractivity contribution in [3.05, 3.63) is 96.4 Å². The molecule has 0 aliphatic rings. The zero-order valence-corrected chi connectivity index (χ0v) is 23.4. The van der Waals surface area contributed by atoms with Gasteiger partial charge >= 0.3 is 0 Å². The zero-order valence-electron chi connectivity index (χ0n) is 21.0. The molecular weight excluding hydrogens is 625 g/mol. The molecule has 5 heteroatoms. The summed E-state index contributed by atoms with van der Waals surface area (Å²) in [6.45, 7) is 7.28. The molecule has 0 saturated carbocycles. The van der Waals surface area contributed by atoms with Crippen LogP contribution in [0, 0.1) is 19.9 Å². The normalized spacial score (nSPS) is 12.4. The smallest absolute Gasteiger partial charge is 0.0539 e. The van der Waals surface area contributed by atoms with Gasteiger partial charge in [-0.25, -0.2) is 0 Å². The topological polar surface area (TPSA) is 66.2 Å². The maximum Gasteiger partial charge on any atom is 0.0539 e. The van der Waals surface area contributed by atoms with Crippen molar-refractivity contribution >= 4 is 21.5 Å². The van der Waals surface area contributed by atoms with Crippen molar-refractivity contribution in [3.63, 3.8) is 0 Å². The van der Waals surface area contributed by atoms with Crippen LogP contribution in [-0.4, -0.2) is 32.4 Å². The van der Waals surface area contributed by atoms with Crippen LogP contribution in [0.4, 0.5) is 0 Å². The Morgan fingerprint density at radius 1 is 0.778 bits per heavy atom. The molecule has 2 unspecified atom stereocenters. The fraction of sp³-hybridized carbons (Fsp3) is 0.226. The molecule has 1 radical (unpaired) electrons. The average Bonchev–Trinajstić information content (AvgIpc) is 2.83. The van der Waals surface area contributed by atoms with E-state index in [1.807, 2.05) is 20.0 Å². The van der Waals surface area contributed by atoms with Crippen LogP contribution >= 0.6 is 0 Å². The van der Waals surface area contributed by atoms with E-state index in [2.05, 4.69) is 88.8 Å². The van der Waals surface area contributed by atoms with Gasteiger partial charge in [0.1, 0.15) is 0 Å². The van der Waals surface area contributed by atoms with Crippen LogP contribution in [-0.2, 0) is 20.1 Å². The summed E-state index contributed by atoms with van der Waals surface area (Å²) in [6, 6.07) is 29.3. The van der Waals surface area contributed by atoms with Crippen molar-refractivity contribution < 1.29 is 30.3 Å². The Bertz CT molecular complexity index is 1460. The molecule has 0 bridgehead atoms. The van der Waals surface area contributed by atoms with Gasteiger partial charge in [0.2, 0.25) is 0 Å². The second-order valence-electron chi connectivity index (χ2n) is 9.13. The van der Waals surface area contributed by atoms with Crippen LogP contribution in [0.3, 0.4) is 0 Å². The maximum absolute atomic E-state index is 8.56. The minimum Gasteiger partial charge on any atom is -0.393 e. The first-order valence-corrected chi connectivity index (χ1v) is 11.9. The Morgan fingerprint density at radius 2 is 1.36 bits per heavy atom. The van der Waals surface area contributed by atoms with E-state index in [1.54, 1.807) is 13.8 Å². The molecule has 4 aromatic carbocycles. The summed E-state index contributed by atoms with van der Waals surface area (Å²) in [6.07, 6.45) is 1.53. The summed E-state index contributed by atoms with van der Waals surface area (Å²) in [5.74, 6) is 0. The second kappa shape index (κ2) is 12.3. The quantitative estimate of drug-likeness (QED) is 0.213. The van der Waals surface area contributed by atoms with E-state index in [0.717, 1.165) is 22.6 Å². The summed E-state index contributed by atoms with van der Waals surface area (Å²) < 4.78 is 0. The Hall–Kier alpha value is -2.95. The number of hydrogen-bond donors (Lipinski definition) is 2. The molecule has 0 aliphatic heterocycles. The second-order valence-corrected chi connectivity index (χ2v) is 9.13. The first kappa shape index (κ1) is 27.6. The Kier molecular flexibility index (Phi) is 9.47. The minimum absolute atomic E-state index is 0. The molecule has 36 heavy (non-hydrogen) atoms. The SMILES string of the molecule is CC(O)CC(C)O.Cc1cnc(-c2[c-]cc3cc(-c4ccc5ccccc5c4)ccc3c2)c(C)n1.[Ir]. The van der Waals surface area contributed by atoms with Gasteiger partial charge in [-0.3, -0.25) is 4.98 Å². The van der Waals surface area contributed by atoms with Crippen molar-refractivity contribution in [2.75, 3.05) is 0 Å². The van der Waals surface area contributed by atoms with Crippen LogP contribution < -0.4 is 0 Å². The van der Waals surface area contributed by atoms with E-state index in [-0.39, 0.29) is 32.3 Å². The Morgan fingerprint density at radius 3 is 1.97 bits per heavy atom. The van der Waals surface area contributed by atoms with Gasteiger partial charge in [-0.15, -0.1) is 29.1 Å². The fourth-order valence-electron chi connectivity index (χ4n) is 4.22. The van der Waals surface area contributed by atoms with Crippen LogP contribution in [0.2, 0.25) is 0 Å².